The van der Waals surface area contributed by atoms with Crippen LogP contribution in [0.3, 0.4) is 0 Å². The summed E-state index contributed by atoms with van der Waals surface area (Å²) in [5.41, 5.74) is 7.03. The Hall–Kier alpha value is -2.95. The molecule has 1 N–H and O–H groups in total. The maximum absolute atomic E-state index is 4.65. The molecule has 0 saturated heterocycles. The first-order chi connectivity index (χ1) is 12.6. The third kappa shape index (κ3) is 3.25. The molecule has 0 amide bonds. The molecule has 0 atom stereocenters. The largest absolute Gasteiger partial charge is 0.306 e. The summed E-state index contributed by atoms with van der Waals surface area (Å²) in [6.45, 7) is 10.3. The van der Waals surface area contributed by atoms with Gasteiger partial charge in [0.05, 0.1) is 5.69 Å². The zero-order valence-corrected chi connectivity index (χ0v) is 16.0. The van der Waals surface area contributed by atoms with E-state index in [-0.39, 0.29) is 0 Å². The Morgan fingerprint density at radius 1 is 1.08 bits per heavy atom. The highest BCUT2D eigenvalue weighted by molar-refractivity contribution is 5.81. The molecule has 0 aliphatic heterocycles. The number of hydrogen-bond donors (Lipinski definition) is 1. The van der Waals surface area contributed by atoms with E-state index in [9.17, 15) is 0 Å². The number of aromatic amines is 1. The smallest absolute Gasteiger partial charge is 0.136 e. The lowest BCUT2D eigenvalue weighted by molar-refractivity contribution is 0.812. The zero-order valence-electron chi connectivity index (χ0n) is 16.0. The third-order valence-corrected chi connectivity index (χ3v) is 4.18. The lowest BCUT2D eigenvalue weighted by Gasteiger charge is -2.09. The number of imidazole rings is 1. The van der Waals surface area contributed by atoms with Crippen molar-refractivity contribution < 1.29 is 0 Å². The highest BCUT2D eigenvalue weighted by atomic mass is 15.1. The standard InChI is InChI=1S/C19H19N5.C2H6/c1-12(2)18-17(14-7-8-16-20-9-10-24(16)11-14)19(23-22-18)15-6-4-5-13(3)21-15;1-2/h4-12H,1-3H3,(H,22,23);1-2H3. The van der Waals surface area contributed by atoms with Crippen molar-refractivity contribution in [2.24, 2.45) is 0 Å². The molecule has 26 heavy (non-hydrogen) atoms. The number of H-pyrrole nitrogens is 1. The normalized spacial score (nSPS) is 10.8. The molecule has 5 heteroatoms. The van der Waals surface area contributed by atoms with Crippen LogP contribution < -0.4 is 0 Å². The molecule has 0 aromatic carbocycles. The molecule has 0 radical (unpaired) electrons. The lowest BCUT2D eigenvalue weighted by Crippen LogP contribution is -1.94. The van der Waals surface area contributed by atoms with Crippen molar-refractivity contribution in [2.75, 3.05) is 0 Å². The Bertz CT molecular complexity index is 1010. The van der Waals surface area contributed by atoms with E-state index in [2.05, 4.69) is 46.3 Å². The Morgan fingerprint density at radius 2 is 1.88 bits per heavy atom. The summed E-state index contributed by atoms with van der Waals surface area (Å²) in [5, 5.41) is 7.80. The second-order valence-electron chi connectivity index (χ2n) is 6.29. The monoisotopic (exact) mass is 347 g/mol. The molecule has 0 spiro atoms. The van der Waals surface area contributed by atoms with Crippen LogP contribution in [0.15, 0.2) is 48.9 Å². The summed E-state index contributed by atoms with van der Waals surface area (Å²) in [7, 11) is 0. The van der Waals surface area contributed by atoms with Gasteiger partial charge in [-0.05, 0) is 37.1 Å². The van der Waals surface area contributed by atoms with Gasteiger partial charge in [-0.15, -0.1) is 0 Å². The summed E-state index contributed by atoms with van der Waals surface area (Å²) < 4.78 is 2.03. The Labute approximate surface area is 154 Å². The summed E-state index contributed by atoms with van der Waals surface area (Å²) in [6, 6.07) is 10.1. The quantitative estimate of drug-likeness (QED) is 0.551. The molecule has 0 aliphatic rings. The van der Waals surface area contributed by atoms with Crippen LogP contribution in [0.2, 0.25) is 0 Å². The molecule has 4 aromatic rings. The fourth-order valence-corrected chi connectivity index (χ4v) is 2.99. The molecule has 0 bridgehead atoms. The van der Waals surface area contributed by atoms with Crippen LogP contribution in [0.4, 0.5) is 0 Å². The average Bonchev–Trinajstić information content (AvgIpc) is 3.29. The average molecular weight is 347 g/mol. The Kier molecular flexibility index (Phi) is 5.16. The van der Waals surface area contributed by atoms with Crippen LogP contribution in [-0.2, 0) is 0 Å². The van der Waals surface area contributed by atoms with Crippen LogP contribution in [-0.4, -0.2) is 24.6 Å². The molecule has 4 aromatic heterocycles. The van der Waals surface area contributed by atoms with Crippen molar-refractivity contribution in [1.29, 1.82) is 0 Å². The van der Waals surface area contributed by atoms with Crippen LogP contribution in [0.1, 0.15) is 45.0 Å². The number of hydrogen-bond acceptors (Lipinski definition) is 3. The van der Waals surface area contributed by atoms with E-state index in [0.29, 0.717) is 5.92 Å². The van der Waals surface area contributed by atoms with Gasteiger partial charge in [0.2, 0.25) is 0 Å². The van der Waals surface area contributed by atoms with E-state index >= 15 is 0 Å². The summed E-state index contributed by atoms with van der Waals surface area (Å²) in [6.07, 6.45) is 5.86. The number of nitrogens with zero attached hydrogens (tertiary/aromatic N) is 4. The van der Waals surface area contributed by atoms with E-state index < -0.39 is 0 Å². The van der Waals surface area contributed by atoms with E-state index in [1.54, 1.807) is 6.20 Å². The third-order valence-electron chi connectivity index (χ3n) is 4.18. The topological polar surface area (TPSA) is 58.9 Å². The maximum atomic E-state index is 4.65. The van der Waals surface area contributed by atoms with Gasteiger partial charge < -0.3 is 4.40 Å². The minimum absolute atomic E-state index is 0.338. The van der Waals surface area contributed by atoms with Gasteiger partial charge in [-0.1, -0.05) is 33.8 Å². The van der Waals surface area contributed by atoms with Crippen molar-refractivity contribution in [3.8, 4) is 22.5 Å². The highest BCUT2D eigenvalue weighted by Crippen LogP contribution is 2.35. The Balaban J connectivity index is 0.000000948. The molecule has 4 heterocycles. The van der Waals surface area contributed by atoms with Crippen LogP contribution >= 0.6 is 0 Å². The number of nitrogens with one attached hydrogen (secondary N) is 1. The van der Waals surface area contributed by atoms with Gasteiger partial charge in [0.25, 0.3) is 0 Å². The predicted octanol–water partition coefficient (Wildman–Crippen LogP) is 5.24. The van der Waals surface area contributed by atoms with Crippen molar-refractivity contribution >= 4 is 5.65 Å². The van der Waals surface area contributed by atoms with Crippen molar-refractivity contribution in [1.82, 2.24) is 24.6 Å². The molecule has 0 unspecified atom stereocenters. The van der Waals surface area contributed by atoms with Crippen LogP contribution in [0.25, 0.3) is 28.2 Å². The predicted molar refractivity (Wildman–Crippen MR) is 106 cm³/mol. The summed E-state index contributed by atoms with van der Waals surface area (Å²) in [5.74, 6) is 0.338. The summed E-state index contributed by atoms with van der Waals surface area (Å²) in [4.78, 5) is 8.97. The number of fused-ring (bicyclic) bond motifs is 1. The van der Waals surface area contributed by atoms with Gasteiger partial charge in [0.1, 0.15) is 11.3 Å². The van der Waals surface area contributed by atoms with Gasteiger partial charge in [-0.3, -0.25) is 10.1 Å². The zero-order chi connectivity index (χ0) is 18.7. The number of rotatable bonds is 3. The van der Waals surface area contributed by atoms with E-state index in [1.165, 1.54) is 0 Å². The molecule has 4 rings (SSSR count). The minimum Gasteiger partial charge on any atom is -0.306 e. The first-order valence-electron chi connectivity index (χ1n) is 9.09. The van der Waals surface area contributed by atoms with Crippen molar-refractivity contribution in [2.45, 2.75) is 40.5 Å². The summed E-state index contributed by atoms with van der Waals surface area (Å²) >= 11 is 0. The van der Waals surface area contributed by atoms with Crippen molar-refractivity contribution in [3.05, 3.63) is 60.3 Å². The number of pyridine rings is 2. The molecule has 0 aliphatic carbocycles. The van der Waals surface area contributed by atoms with Gasteiger partial charge in [-0.25, -0.2) is 4.98 Å². The Morgan fingerprint density at radius 3 is 2.62 bits per heavy atom. The van der Waals surface area contributed by atoms with Crippen LogP contribution in [0.5, 0.6) is 0 Å². The molecular weight excluding hydrogens is 322 g/mol. The van der Waals surface area contributed by atoms with Crippen molar-refractivity contribution in [3.63, 3.8) is 0 Å². The molecule has 0 saturated carbocycles. The SMILES string of the molecule is CC.Cc1cccc(-c2n[nH]c(C(C)C)c2-c2ccc3nccn3c2)n1. The second-order valence-corrected chi connectivity index (χ2v) is 6.29. The second kappa shape index (κ2) is 7.52. The first kappa shape index (κ1) is 17.9. The van der Waals surface area contributed by atoms with E-state index in [0.717, 1.165) is 39.5 Å². The molecule has 5 nitrogen and oxygen atoms in total. The lowest BCUT2D eigenvalue weighted by atomic mass is 9.97. The molecule has 0 fully saturated rings. The fourth-order valence-electron chi connectivity index (χ4n) is 2.99. The number of aromatic nitrogens is 5. The van der Waals surface area contributed by atoms with E-state index in [1.807, 2.05) is 55.6 Å². The number of aryl methyl sites for hydroxylation is 1. The van der Waals surface area contributed by atoms with Crippen LogP contribution in [0, 0.1) is 6.92 Å². The minimum atomic E-state index is 0.338. The van der Waals surface area contributed by atoms with Gasteiger partial charge in [-0.2, -0.15) is 5.10 Å². The van der Waals surface area contributed by atoms with Gasteiger partial charge >= 0.3 is 0 Å². The van der Waals surface area contributed by atoms with E-state index in [4.69, 9.17) is 0 Å². The van der Waals surface area contributed by atoms with Gasteiger partial charge in [0.15, 0.2) is 0 Å². The first-order valence-corrected chi connectivity index (χ1v) is 9.09. The maximum Gasteiger partial charge on any atom is 0.136 e. The fraction of sp³-hybridized carbons (Fsp3) is 0.286. The molecular formula is C21H25N5. The highest BCUT2D eigenvalue weighted by Gasteiger charge is 2.20. The molecule has 134 valence electrons. The van der Waals surface area contributed by atoms with Gasteiger partial charge in [0, 0.05) is 41.1 Å².